The Morgan fingerprint density at radius 3 is 2.37 bits per heavy atom. The summed E-state index contributed by atoms with van der Waals surface area (Å²) in [6.45, 7) is -0.483. The third kappa shape index (κ3) is 5.42. The molecule has 2 heterocycles. The quantitative estimate of drug-likeness (QED) is 0.209. The van der Waals surface area contributed by atoms with Crippen LogP contribution in [0.4, 0.5) is 17.3 Å². The predicted molar refractivity (Wildman–Crippen MR) is 130 cm³/mol. The molecular weight excluding hydrogens is 494 g/mol. The van der Waals surface area contributed by atoms with Gasteiger partial charge in [-0.2, -0.15) is 0 Å². The number of Topliss-reactive ketones (excluding diaryl/α,β-unsaturated/α-hetero) is 1. The summed E-state index contributed by atoms with van der Waals surface area (Å²) >= 11 is 6.98. The van der Waals surface area contributed by atoms with Crippen molar-refractivity contribution in [3.63, 3.8) is 0 Å². The minimum Gasteiger partial charge on any atom is -0.454 e. The van der Waals surface area contributed by atoms with E-state index in [2.05, 4.69) is 9.97 Å². The Balaban J connectivity index is 1.40. The predicted octanol–water partition coefficient (Wildman–Crippen LogP) is 2.76. The Hall–Kier alpha value is -3.96. The van der Waals surface area contributed by atoms with Gasteiger partial charge >= 0.3 is 5.97 Å². The van der Waals surface area contributed by atoms with Crippen molar-refractivity contribution in [3.8, 4) is 0 Å². The maximum Gasteiger partial charge on any atom is 0.338 e. The number of carbonyl (C=O) groups is 4. The van der Waals surface area contributed by atoms with Gasteiger partial charge in [0.25, 0.3) is 0 Å². The molecule has 0 radical (unpaired) electrons. The molecule has 1 unspecified atom stereocenters. The highest BCUT2D eigenvalue weighted by Gasteiger charge is 2.40. The van der Waals surface area contributed by atoms with Crippen LogP contribution >= 0.6 is 23.4 Å². The molecule has 2 amide bonds. The Morgan fingerprint density at radius 1 is 1.06 bits per heavy atom. The molecule has 1 aliphatic heterocycles. The van der Waals surface area contributed by atoms with Crippen LogP contribution in [0.25, 0.3) is 0 Å². The van der Waals surface area contributed by atoms with Crippen LogP contribution in [-0.2, 0) is 14.3 Å². The van der Waals surface area contributed by atoms with Crippen molar-refractivity contribution in [2.75, 3.05) is 23.0 Å². The fourth-order valence-corrected chi connectivity index (χ4v) is 4.58. The number of nitrogens with two attached hydrogens (primary N) is 2. The van der Waals surface area contributed by atoms with Gasteiger partial charge in [-0.15, -0.1) is 0 Å². The lowest BCUT2D eigenvalue weighted by molar-refractivity contribution is -0.121. The monoisotopic (exact) mass is 511 g/mol. The average molecular weight is 512 g/mol. The fraction of sp³-hybridized carbons (Fsp3) is 0.130. The highest BCUT2D eigenvalue weighted by atomic mass is 35.5. The molecule has 1 saturated heterocycles. The summed E-state index contributed by atoms with van der Waals surface area (Å²) in [5, 5.41) is -0.288. The molecule has 0 bridgehead atoms. The minimum atomic E-state index is -0.746. The summed E-state index contributed by atoms with van der Waals surface area (Å²) in [5.74, 6) is -1.73. The van der Waals surface area contributed by atoms with Crippen LogP contribution < -0.4 is 16.4 Å². The highest BCUT2D eigenvalue weighted by Crippen LogP contribution is 2.33. The first-order chi connectivity index (χ1) is 16.7. The van der Waals surface area contributed by atoms with Crippen LogP contribution in [0.1, 0.15) is 27.1 Å². The van der Waals surface area contributed by atoms with Crippen molar-refractivity contribution < 1.29 is 23.9 Å². The first-order valence-electron chi connectivity index (χ1n) is 10.2. The van der Waals surface area contributed by atoms with Crippen molar-refractivity contribution >= 4 is 64.3 Å². The van der Waals surface area contributed by atoms with E-state index < -0.39 is 35.4 Å². The Kier molecular flexibility index (Phi) is 6.99. The molecule has 178 valence electrons. The lowest BCUT2D eigenvalue weighted by Crippen LogP contribution is -2.31. The van der Waals surface area contributed by atoms with Crippen LogP contribution in [0.5, 0.6) is 0 Å². The number of ether oxygens (including phenoxy) is 1. The van der Waals surface area contributed by atoms with Gasteiger partial charge < -0.3 is 16.2 Å². The van der Waals surface area contributed by atoms with Crippen LogP contribution in [0.15, 0.2) is 59.8 Å². The fourth-order valence-electron chi connectivity index (χ4n) is 3.34. The van der Waals surface area contributed by atoms with E-state index in [0.717, 1.165) is 16.7 Å². The molecule has 10 nitrogen and oxygen atoms in total. The third-order valence-corrected chi connectivity index (χ3v) is 6.34. The molecule has 2 aromatic carbocycles. The number of nitrogen functional groups attached to an aromatic ring is 2. The standard InChI is InChI=1S/C23H18ClN5O5S/c24-15-4-2-1-3-14(15)16(30)11-34-22(33)12-5-7-13(8-6-12)29-20(31)9-17(21(29)32)35-23-27-18(25)10-19(26)28-23/h1-8,10,17H,9,11H2,(H4,25,26,27,28). The zero-order chi connectivity index (χ0) is 25.1. The van der Waals surface area contributed by atoms with Crippen LogP contribution in [0.3, 0.4) is 0 Å². The van der Waals surface area contributed by atoms with E-state index >= 15 is 0 Å². The van der Waals surface area contributed by atoms with E-state index in [9.17, 15) is 19.2 Å². The van der Waals surface area contributed by atoms with Gasteiger partial charge in [-0.3, -0.25) is 14.4 Å². The Bertz CT molecular complexity index is 1310. The summed E-state index contributed by atoms with van der Waals surface area (Å²) in [5.41, 5.74) is 12.0. The summed E-state index contributed by atoms with van der Waals surface area (Å²) in [7, 11) is 0. The number of hydrogen-bond donors (Lipinski definition) is 2. The van der Waals surface area contributed by atoms with Gasteiger partial charge in [0.15, 0.2) is 11.8 Å². The van der Waals surface area contributed by atoms with Crippen LogP contribution in [-0.4, -0.2) is 45.4 Å². The largest absolute Gasteiger partial charge is 0.454 e. The molecular formula is C23H18ClN5O5S. The SMILES string of the molecule is Nc1cc(N)nc(SC2CC(=O)N(c3ccc(C(=O)OCC(=O)c4ccccc4Cl)cc3)C2=O)n1. The van der Waals surface area contributed by atoms with E-state index in [0.29, 0.717) is 5.69 Å². The van der Waals surface area contributed by atoms with Crippen molar-refractivity contribution in [1.82, 2.24) is 9.97 Å². The van der Waals surface area contributed by atoms with Crippen LogP contribution in [0, 0.1) is 0 Å². The summed E-state index contributed by atoms with van der Waals surface area (Å²) in [6.07, 6.45) is -0.0600. The van der Waals surface area contributed by atoms with E-state index in [1.165, 1.54) is 36.4 Å². The molecule has 0 saturated carbocycles. The van der Waals surface area contributed by atoms with Gasteiger partial charge in [-0.1, -0.05) is 35.5 Å². The summed E-state index contributed by atoms with van der Waals surface area (Å²) in [6, 6.07) is 13.5. The second-order valence-electron chi connectivity index (χ2n) is 7.40. The number of hydrogen-bond acceptors (Lipinski definition) is 10. The lowest BCUT2D eigenvalue weighted by Gasteiger charge is -2.15. The summed E-state index contributed by atoms with van der Waals surface area (Å²) in [4.78, 5) is 59.1. The zero-order valence-electron chi connectivity index (χ0n) is 18.0. The smallest absolute Gasteiger partial charge is 0.338 e. The number of carbonyl (C=O) groups excluding carboxylic acids is 4. The number of imide groups is 1. The molecule has 1 fully saturated rings. The number of anilines is 3. The number of thioether (sulfide) groups is 1. The topological polar surface area (TPSA) is 159 Å². The Labute approximate surface area is 208 Å². The molecule has 1 atom stereocenters. The van der Waals surface area contributed by atoms with Crippen molar-refractivity contribution in [2.45, 2.75) is 16.8 Å². The van der Waals surface area contributed by atoms with Crippen LogP contribution in [0.2, 0.25) is 5.02 Å². The number of ketones is 1. The number of aromatic nitrogens is 2. The molecule has 4 rings (SSSR count). The highest BCUT2D eigenvalue weighted by molar-refractivity contribution is 8.00. The molecule has 1 aliphatic rings. The van der Waals surface area contributed by atoms with Gasteiger partial charge in [0, 0.05) is 18.1 Å². The maximum atomic E-state index is 12.9. The number of benzene rings is 2. The van der Waals surface area contributed by atoms with E-state index in [4.69, 9.17) is 27.8 Å². The molecule has 12 heteroatoms. The second-order valence-corrected chi connectivity index (χ2v) is 8.98. The van der Waals surface area contributed by atoms with Gasteiger partial charge in [-0.05, 0) is 36.4 Å². The third-order valence-electron chi connectivity index (χ3n) is 4.97. The number of esters is 1. The lowest BCUT2D eigenvalue weighted by atomic mass is 10.1. The normalized spacial score (nSPS) is 15.3. The molecule has 3 aromatic rings. The second kappa shape index (κ2) is 10.1. The first kappa shape index (κ1) is 24.2. The average Bonchev–Trinajstić information content (AvgIpc) is 3.09. The molecule has 0 spiro atoms. The van der Waals surface area contributed by atoms with Crippen molar-refractivity contribution in [2.24, 2.45) is 0 Å². The first-order valence-corrected chi connectivity index (χ1v) is 11.5. The molecule has 0 aliphatic carbocycles. The Morgan fingerprint density at radius 2 is 1.71 bits per heavy atom. The number of halogens is 1. The van der Waals surface area contributed by atoms with E-state index in [-0.39, 0.29) is 39.4 Å². The van der Waals surface area contributed by atoms with Gasteiger partial charge in [0.05, 0.1) is 16.3 Å². The number of amides is 2. The summed E-state index contributed by atoms with van der Waals surface area (Å²) < 4.78 is 5.08. The van der Waals surface area contributed by atoms with E-state index in [1.807, 2.05) is 0 Å². The number of nitrogens with zero attached hydrogens (tertiary/aromatic N) is 3. The molecule has 1 aromatic heterocycles. The molecule has 35 heavy (non-hydrogen) atoms. The van der Waals surface area contributed by atoms with Gasteiger partial charge in [0.2, 0.25) is 17.6 Å². The zero-order valence-corrected chi connectivity index (χ0v) is 19.6. The van der Waals surface area contributed by atoms with E-state index in [1.54, 1.807) is 18.2 Å². The van der Waals surface area contributed by atoms with Crippen molar-refractivity contribution in [3.05, 3.63) is 70.7 Å². The van der Waals surface area contributed by atoms with Gasteiger partial charge in [0.1, 0.15) is 16.9 Å². The number of rotatable bonds is 7. The molecule has 4 N–H and O–H groups in total. The minimum absolute atomic E-state index is 0.0600. The maximum absolute atomic E-state index is 12.9. The van der Waals surface area contributed by atoms with Crippen molar-refractivity contribution in [1.29, 1.82) is 0 Å². The van der Waals surface area contributed by atoms with Gasteiger partial charge in [-0.25, -0.2) is 19.7 Å².